The number of aromatic amines is 1. The van der Waals surface area contributed by atoms with Gasteiger partial charge in [0.05, 0.1) is 16.6 Å². The van der Waals surface area contributed by atoms with Crippen molar-refractivity contribution in [2.24, 2.45) is 4.99 Å². The van der Waals surface area contributed by atoms with E-state index in [4.69, 9.17) is 0 Å². The molecule has 2 heterocycles. The Morgan fingerprint density at radius 1 is 1.14 bits per heavy atom. The molecule has 186 valence electrons. The normalized spacial score (nSPS) is 15.7. The summed E-state index contributed by atoms with van der Waals surface area (Å²) in [5.74, 6) is -0.432. The highest BCUT2D eigenvalue weighted by Gasteiger charge is 2.31. The molecule has 2 aromatic carbocycles. The van der Waals surface area contributed by atoms with E-state index in [2.05, 4.69) is 9.98 Å². The molecule has 0 radical (unpaired) electrons. The molecule has 0 aliphatic carbocycles. The minimum Gasteiger partial charge on any atom is -0.396 e. The number of amides is 2. The number of nitrogens with zero attached hydrogens (tertiary/aromatic N) is 3. The number of hydrogen-bond donors (Lipinski definition) is 2. The molecule has 35 heavy (non-hydrogen) atoms. The number of aromatic nitrogens is 2. The van der Waals surface area contributed by atoms with Crippen molar-refractivity contribution in [2.45, 2.75) is 44.8 Å². The minimum absolute atomic E-state index is 0.0620. The Morgan fingerprint density at radius 2 is 1.89 bits per heavy atom. The van der Waals surface area contributed by atoms with Gasteiger partial charge in [0.15, 0.2) is 0 Å². The standard InChI is InChI=1S/C25H27F3N4O3/c1-16(34)31-11-8-17(9-12-31)18-6-7-22-21(15-18)29-24(32(22)10-3-13-33)30-23(35)19-4-2-5-20(14-19)25(26,27)28/h2,4-7,14-15,17,33H,3,8-13H2,1H3,(H,29,30,35). The molecule has 4 rings (SSSR count). The summed E-state index contributed by atoms with van der Waals surface area (Å²) in [7, 11) is 0. The molecule has 0 saturated carbocycles. The average Bonchev–Trinajstić information content (AvgIpc) is 3.18. The fourth-order valence-electron chi connectivity index (χ4n) is 4.51. The van der Waals surface area contributed by atoms with Crippen LogP contribution in [-0.4, -0.2) is 51.1 Å². The van der Waals surface area contributed by atoms with Gasteiger partial charge < -0.3 is 19.6 Å². The summed E-state index contributed by atoms with van der Waals surface area (Å²) in [6.45, 7) is 3.29. The predicted molar refractivity (Wildman–Crippen MR) is 124 cm³/mol. The molecule has 1 fully saturated rings. The maximum atomic E-state index is 13.1. The van der Waals surface area contributed by atoms with Crippen LogP contribution in [0.5, 0.6) is 0 Å². The summed E-state index contributed by atoms with van der Waals surface area (Å²) in [5, 5.41) is 9.31. The second-order valence-electron chi connectivity index (χ2n) is 8.73. The second-order valence-corrected chi connectivity index (χ2v) is 8.73. The molecule has 2 amide bonds. The van der Waals surface area contributed by atoms with Crippen molar-refractivity contribution in [1.82, 2.24) is 14.5 Å². The SMILES string of the molecule is CC(=O)N1CCC(c2ccc3c(c2)[nH]/c(=N\C(=O)c2cccc(C(F)(F)F)c2)n3CCCO)CC1. The maximum Gasteiger partial charge on any atom is 0.416 e. The summed E-state index contributed by atoms with van der Waals surface area (Å²) >= 11 is 0. The number of aliphatic hydroxyl groups is 1. The summed E-state index contributed by atoms with van der Waals surface area (Å²) in [6, 6.07) is 10.1. The van der Waals surface area contributed by atoms with Gasteiger partial charge in [-0.15, -0.1) is 0 Å². The third-order valence-electron chi connectivity index (χ3n) is 6.41. The van der Waals surface area contributed by atoms with Gasteiger partial charge in [-0.1, -0.05) is 12.1 Å². The molecule has 0 atom stereocenters. The lowest BCUT2D eigenvalue weighted by Crippen LogP contribution is -2.36. The molecule has 0 bridgehead atoms. The number of fused-ring (bicyclic) bond motifs is 1. The molecule has 10 heteroatoms. The summed E-state index contributed by atoms with van der Waals surface area (Å²) in [6.07, 6.45) is -2.44. The number of benzene rings is 2. The highest BCUT2D eigenvalue weighted by Crippen LogP contribution is 2.31. The Morgan fingerprint density at radius 3 is 2.54 bits per heavy atom. The third-order valence-corrected chi connectivity index (χ3v) is 6.41. The number of imidazole rings is 1. The first kappa shape index (κ1) is 24.7. The monoisotopic (exact) mass is 488 g/mol. The van der Waals surface area contributed by atoms with Crippen molar-refractivity contribution in [3.05, 3.63) is 64.8 Å². The summed E-state index contributed by atoms with van der Waals surface area (Å²) in [4.78, 5) is 33.4. The lowest BCUT2D eigenvalue weighted by Gasteiger charge is -2.31. The van der Waals surface area contributed by atoms with Gasteiger partial charge in [-0.3, -0.25) is 9.59 Å². The minimum atomic E-state index is -4.56. The second kappa shape index (κ2) is 10.1. The van der Waals surface area contributed by atoms with E-state index < -0.39 is 17.6 Å². The van der Waals surface area contributed by atoms with E-state index in [0.29, 0.717) is 26.1 Å². The van der Waals surface area contributed by atoms with E-state index in [-0.39, 0.29) is 29.6 Å². The van der Waals surface area contributed by atoms with E-state index in [1.807, 2.05) is 23.1 Å². The first-order valence-corrected chi connectivity index (χ1v) is 11.5. The van der Waals surface area contributed by atoms with Crippen LogP contribution in [-0.2, 0) is 17.5 Å². The number of likely N-dealkylation sites (tertiary alicyclic amines) is 1. The smallest absolute Gasteiger partial charge is 0.396 e. The lowest BCUT2D eigenvalue weighted by atomic mass is 9.89. The van der Waals surface area contributed by atoms with Crippen LogP contribution >= 0.6 is 0 Å². The quantitative estimate of drug-likeness (QED) is 0.572. The number of carbonyl (C=O) groups is 2. The number of nitrogens with one attached hydrogen (secondary N) is 1. The van der Waals surface area contributed by atoms with Crippen LogP contribution < -0.4 is 5.62 Å². The number of aryl methyl sites for hydroxylation is 1. The molecule has 0 spiro atoms. The van der Waals surface area contributed by atoms with Crippen molar-refractivity contribution in [3.63, 3.8) is 0 Å². The lowest BCUT2D eigenvalue weighted by molar-refractivity contribution is -0.137. The molecule has 1 saturated heterocycles. The number of hydrogen-bond acceptors (Lipinski definition) is 3. The Kier molecular flexibility index (Phi) is 7.11. The van der Waals surface area contributed by atoms with Crippen LogP contribution in [0.3, 0.4) is 0 Å². The van der Waals surface area contributed by atoms with Gasteiger partial charge in [-0.25, -0.2) is 0 Å². The van der Waals surface area contributed by atoms with E-state index in [0.717, 1.165) is 41.6 Å². The number of rotatable bonds is 5. The van der Waals surface area contributed by atoms with Gasteiger partial charge in [0.2, 0.25) is 11.5 Å². The zero-order chi connectivity index (χ0) is 25.2. The van der Waals surface area contributed by atoms with Crippen LogP contribution in [0.2, 0.25) is 0 Å². The largest absolute Gasteiger partial charge is 0.416 e. The first-order valence-electron chi connectivity index (χ1n) is 11.5. The van der Waals surface area contributed by atoms with E-state index >= 15 is 0 Å². The highest BCUT2D eigenvalue weighted by atomic mass is 19.4. The van der Waals surface area contributed by atoms with Crippen molar-refractivity contribution < 1.29 is 27.9 Å². The van der Waals surface area contributed by atoms with Crippen LogP contribution in [0.1, 0.15) is 53.6 Å². The zero-order valence-electron chi connectivity index (χ0n) is 19.3. The molecular weight excluding hydrogens is 461 g/mol. The fraction of sp³-hybridized carbons (Fsp3) is 0.400. The van der Waals surface area contributed by atoms with E-state index in [1.54, 1.807) is 11.5 Å². The Hall–Kier alpha value is -3.40. The number of carbonyl (C=O) groups excluding carboxylic acids is 2. The predicted octanol–water partition coefficient (Wildman–Crippen LogP) is 3.84. The topological polar surface area (TPSA) is 90.7 Å². The molecule has 7 nitrogen and oxygen atoms in total. The molecule has 1 aromatic heterocycles. The number of halogens is 3. The van der Waals surface area contributed by atoms with Crippen LogP contribution in [0.4, 0.5) is 13.2 Å². The van der Waals surface area contributed by atoms with Gasteiger partial charge in [0.1, 0.15) is 0 Å². The summed E-state index contributed by atoms with van der Waals surface area (Å²) in [5.41, 5.74) is 1.75. The average molecular weight is 489 g/mol. The van der Waals surface area contributed by atoms with Crippen LogP contribution in [0.25, 0.3) is 11.0 Å². The molecule has 2 N–H and O–H groups in total. The van der Waals surface area contributed by atoms with Gasteiger partial charge >= 0.3 is 6.18 Å². The van der Waals surface area contributed by atoms with Crippen molar-refractivity contribution in [3.8, 4) is 0 Å². The number of alkyl halides is 3. The number of H-pyrrole nitrogens is 1. The highest BCUT2D eigenvalue weighted by molar-refractivity contribution is 5.95. The van der Waals surface area contributed by atoms with Crippen molar-refractivity contribution in [2.75, 3.05) is 19.7 Å². The van der Waals surface area contributed by atoms with E-state index in [9.17, 15) is 27.9 Å². The maximum absolute atomic E-state index is 13.1. The van der Waals surface area contributed by atoms with Crippen molar-refractivity contribution in [1.29, 1.82) is 0 Å². The van der Waals surface area contributed by atoms with Gasteiger partial charge in [-0.05, 0) is 61.1 Å². The van der Waals surface area contributed by atoms with Crippen molar-refractivity contribution >= 4 is 22.8 Å². The molecular formula is C25H27F3N4O3. The van der Waals surface area contributed by atoms with Gasteiger partial charge in [0, 0.05) is 38.7 Å². The van der Waals surface area contributed by atoms with E-state index in [1.165, 1.54) is 12.1 Å². The molecule has 3 aromatic rings. The Balaban J connectivity index is 1.68. The number of aliphatic hydroxyl groups excluding tert-OH is 1. The fourth-order valence-corrected chi connectivity index (χ4v) is 4.51. The third kappa shape index (κ3) is 5.48. The molecule has 0 unspecified atom stereocenters. The Bertz CT molecular complexity index is 1300. The van der Waals surface area contributed by atoms with Crippen LogP contribution in [0.15, 0.2) is 47.5 Å². The van der Waals surface area contributed by atoms with Crippen LogP contribution in [0, 0.1) is 0 Å². The number of piperidine rings is 1. The Labute approximate surface area is 199 Å². The zero-order valence-corrected chi connectivity index (χ0v) is 19.3. The molecule has 1 aliphatic heterocycles. The van der Waals surface area contributed by atoms with Gasteiger partial charge in [-0.2, -0.15) is 18.2 Å². The molecule has 1 aliphatic rings. The van der Waals surface area contributed by atoms with Gasteiger partial charge in [0.25, 0.3) is 5.91 Å². The first-order chi connectivity index (χ1) is 16.7. The summed E-state index contributed by atoms with van der Waals surface area (Å²) < 4.78 is 40.9.